The Kier molecular flexibility index (Phi) is 7.48. The van der Waals surface area contributed by atoms with Crippen molar-refractivity contribution >= 4 is 5.97 Å². The first kappa shape index (κ1) is 17.4. The molecule has 1 aliphatic rings. The van der Waals surface area contributed by atoms with Gasteiger partial charge in [0.05, 0.1) is 19.8 Å². The number of hydrogen-bond acceptors (Lipinski definition) is 5. The molecule has 1 rings (SSSR count). The molecule has 20 heavy (non-hydrogen) atoms. The van der Waals surface area contributed by atoms with Gasteiger partial charge in [-0.25, -0.2) is 0 Å². The van der Waals surface area contributed by atoms with Gasteiger partial charge in [-0.3, -0.25) is 10.1 Å². The third-order valence-electron chi connectivity index (χ3n) is 3.46. The lowest BCUT2D eigenvalue weighted by Gasteiger charge is -2.30. The van der Waals surface area contributed by atoms with Crippen LogP contribution in [0.1, 0.15) is 40.5 Å². The van der Waals surface area contributed by atoms with Crippen molar-refractivity contribution < 1.29 is 19.0 Å². The van der Waals surface area contributed by atoms with E-state index < -0.39 is 5.54 Å². The molecule has 0 saturated carbocycles. The molecule has 1 saturated heterocycles. The summed E-state index contributed by atoms with van der Waals surface area (Å²) < 4.78 is 16.2. The number of carbonyl (C=O) groups is 1. The van der Waals surface area contributed by atoms with Crippen molar-refractivity contribution in [2.45, 2.75) is 52.1 Å². The molecule has 0 spiro atoms. The van der Waals surface area contributed by atoms with E-state index in [0.29, 0.717) is 32.2 Å². The van der Waals surface area contributed by atoms with Crippen LogP contribution in [0, 0.1) is 5.92 Å². The maximum atomic E-state index is 12.1. The molecule has 2 unspecified atom stereocenters. The predicted molar refractivity (Wildman–Crippen MR) is 77.7 cm³/mol. The van der Waals surface area contributed by atoms with Crippen molar-refractivity contribution in [3.8, 4) is 0 Å². The summed E-state index contributed by atoms with van der Waals surface area (Å²) in [6, 6.07) is 0.215. The minimum atomic E-state index is -0.684. The topological polar surface area (TPSA) is 56.8 Å². The molecule has 1 N–H and O–H groups in total. The molecule has 0 aromatic carbocycles. The van der Waals surface area contributed by atoms with Gasteiger partial charge in [0, 0.05) is 25.2 Å². The highest BCUT2D eigenvalue weighted by molar-refractivity contribution is 5.80. The Balaban J connectivity index is 2.36. The van der Waals surface area contributed by atoms with Crippen LogP contribution in [-0.2, 0) is 19.0 Å². The van der Waals surface area contributed by atoms with Gasteiger partial charge in [0.25, 0.3) is 0 Å². The number of esters is 1. The van der Waals surface area contributed by atoms with Crippen molar-refractivity contribution in [2.75, 3.05) is 33.0 Å². The van der Waals surface area contributed by atoms with E-state index in [9.17, 15) is 4.79 Å². The lowest BCUT2D eigenvalue weighted by Crippen LogP contribution is -2.53. The monoisotopic (exact) mass is 287 g/mol. The third kappa shape index (κ3) is 5.77. The van der Waals surface area contributed by atoms with Crippen LogP contribution in [-0.4, -0.2) is 50.6 Å². The maximum Gasteiger partial charge on any atom is 0.326 e. The van der Waals surface area contributed by atoms with E-state index in [0.717, 1.165) is 19.6 Å². The van der Waals surface area contributed by atoms with E-state index in [2.05, 4.69) is 5.32 Å². The van der Waals surface area contributed by atoms with Gasteiger partial charge in [-0.15, -0.1) is 0 Å². The van der Waals surface area contributed by atoms with Crippen LogP contribution >= 0.6 is 0 Å². The summed E-state index contributed by atoms with van der Waals surface area (Å²) in [5.74, 6) is 0.295. The van der Waals surface area contributed by atoms with Crippen LogP contribution in [0.4, 0.5) is 0 Å². The quantitative estimate of drug-likeness (QED) is 0.517. The zero-order chi connectivity index (χ0) is 15.0. The molecule has 118 valence electrons. The van der Waals surface area contributed by atoms with Gasteiger partial charge in [-0.05, 0) is 40.5 Å². The minimum absolute atomic E-state index is 0.207. The summed E-state index contributed by atoms with van der Waals surface area (Å²) in [5.41, 5.74) is -0.684. The minimum Gasteiger partial charge on any atom is -0.465 e. The molecular weight excluding hydrogens is 258 g/mol. The molecule has 0 aliphatic carbocycles. The Labute approximate surface area is 122 Å². The highest BCUT2D eigenvalue weighted by atomic mass is 16.5. The first-order chi connectivity index (χ1) is 9.48. The van der Waals surface area contributed by atoms with Crippen LogP contribution in [0.25, 0.3) is 0 Å². The third-order valence-corrected chi connectivity index (χ3v) is 3.46. The fraction of sp³-hybridized carbons (Fsp3) is 0.933. The number of rotatable bonds is 9. The lowest BCUT2D eigenvalue weighted by atomic mass is 9.97. The summed E-state index contributed by atoms with van der Waals surface area (Å²) >= 11 is 0. The molecule has 1 heterocycles. The van der Waals surface area contributed by atoms with Crippen LogP contribution < -0.4 is 5.32 Å². The zero-order valence-electron chi connectivity index (χ0n) is 13.2. The summed E-state index contributed by atoms with van der Waals surface area (Å²) in [4.78, 5) is 12.1. The Hall–Kier alpha value is -0.650. The molecule has 1 aliphatic heterocycles. The van der Waals surface area contributed by atoms with Crippen LogP contribution in [0.2, 0.25) is 0 Å². The van der Waals surface area contributed by atoms with Crippen LogP contribution in [0.15, 0.2) is 0 Å². The molecular formula is C15H29NO4. The highest BCUT2D eigenvalue weighted by Gasteiger charge is 2.34. The van der Waals surface area contributed by atoms with Crippen molar-refractivity contribution in [3.63, 3.8) is 0 Å². The van der Waals surface area contributed by atoms with E-state index in [1.165, 1.54) is 0 Å². The Morgan fingerprint density at radius 1 is 1.50 bits per heavy atom. The van der Waals surface area contributed by atoms with Gasteiger partial charge in [0.1, 0.15) is 5.54 Å². The first-order valence-electron chi connectivity index (χ1n) is 7.58. The molecule has 0 bridgehead atoms. The van der Waals surface area contributed by atoms with E-state index in [-0.39, 0.29) is 12.0 Å². The number of nitrogens with one attached hydrogen (secondary N) is 1. The van der Waals surface area contributed by atoms with E-state index in [1.807, 2.05) is 27.7 Å². The van der Waals surface area contributed by atoms with E-state index in [4.69, 9.17) is 14.2 Å². The van der Waals surface area contributed by atoms with Gasteiger partial charge < -0.3 is 14.2 Å². The number of hydrogen-bond donors (Lipinski definition) is 1. The maximum absolute atomic E-state index is 12.1. The largest absolute Gasteiger partial charge is 0.465 e. The second-order valence-electron chi connectivity index (χ2n) is 5.91. The fourth-order valence-corrected chi connectivity index (χ4v) is 2.40. The second-order valence-corrected chi connectivity index (χ2v) is 5.91. The molecule has 5 heteroatoms. The van der Waals surface area contributed by atoms with Crippen molar-refractivity contribution in [1.82, 2.24) is 5.32 Å². The molecule has 5 nitrogen and oxygen atoms in total. The average molecular weight is 287 g/mol. The fourth-order valence-electron chi connectivity index (χ4n) is 2.40. The zero-order valence-corrected chi connectivity index (χ0v) is 13.2. The number of ether oxygens (including phenoxy) is 3. The van der Waals surface area contributed by atoms with E-state index in [1.54, 1.807) is 0 Å². The van der Waals surface area contributed by atoms with Crippen LogP contribution in [0.5, 0.6) is 0 Å². The van der Waals surface area contributed by atoms with Crippen molar-refractivity contribution in [3.05, 3.63) is 0 Å². The molecule has 0 radical (unpaired) electrons. The van der Waals surface area contributed by atoms with E-state index >= 15 is 0 Å². The van der Waals surface area contributed by atoms with Gasteiger partial charge in [0.15, 0.2) is 0 Å². The average Bonchev–Trinajstić information content (AvgIpc) is 2.87. The van der Waals surface area contributed by atoms with Gasteiger partial charge in [-0.2, -0.15) is 0 Å². The Morgan fingerprint density at radius 2 is 2.25 bits per heavy atom. The molecule has 2 atom stereocenters. The highest BCUT2D eigenvalue weighted by Crippen LogP contribution is 2.16. The molecule has 0 aromatic heterocycles. The van der Waals surface area contributed by atoms with Gasteiger partial charge >= 0.3 is 5.97 Å². The number of carbonyl (C=O) groups excluding carboxylic acids is 1. The predicted octanol–water partition coefficient (Wildman–Crippen LogP) is 1.75. The van der Waals surface area contributed by atoms with Crippen molar-refractivity contribution in [1.29, 1.82) is 0 Å². The second kappa shape index (κ2) is 8.60. The summed E-state index contributed by atoms with van der Waals surface area (Å²) in [7, 11) is 0. The SMILES string of the molecule is CCOC(=O)C(C)(CCOCC1CCOC1)NC(C)C. The first-order valence-corrected chi connectivity index (χ1v) is 7.58. The van der Waals surface area contributed by atoms with Gasteiger partial charge in [0.2, 0.25) is 0 Å². The summed E-state index contributed by atoms with van der Waals surface area (Å²) in [6.07, 6.45) is 1.68. The Bertz CT molecular complexity index is 290. The summed E-state index contributed by atoms with van der Waals surface area (Å²) in [6.45, 7) is 11.0. The molecule has 0 aromatic rings. The lowest BCUT2D eigenvalue weighted by molar-refractivity contribution is -0.151. The van der Waals surface area contributed by atoms with Crippen molar-refractivity contribution in [2.24, 2.45) is 5.92 Å². The Morgan fingerprint density at radius 3 is 2.80 bits per heavy atom. The molecule has 0 amide bonds. The normalized spacial score (nSPS) is 21.9. The smallest absolute Gasteiger partial charge is 0.326 e. The van der Waals surface area contributed by atoms with Gasteiger partial charge in [-0.1, -0.05) is 0 Å². The summed E-state index contributed by atoms with van der Waals surface area (Å²) in [5, 5.41) is 3.29. The molecule has 1 fully saturated rings. The van der Waals surface area contributed by atoms with Crippen LogP contribution in [0.3, 0.4) is 0 Å². The standard InChI is InChI=1S/C15H29NO4/c1-5-20-14(17)15(4,16-12(2)3)7-9-19-11-13-6-8-18-10-13/h12-13,16H,5-11H2,1-4H3.